The molecule has 20 heavy (non-hydrogen) atoms. The third-order valence-corrected chi connectivity index (χ3v) is 4.49. The van der Waals surface area contributed by atoms with Crippen LogP contribution in [0.5, 0.6) is 0 Å². The van der Waals surface area contributed by atoms with Gasteiger partial charge >= 0.3 is 0 Å². The van der Waals surface area contributed by atoms with Crippen molar-refractivity contribution in [2.45, 2.75) is 6.54 Å². The number of nitrogens with one attached hydrogen (secondary N) is 3. The number of carbonyl (C=O) groups is 1. The van der Waals surface area contributed by atoms with Crippen molar-refractivity contribution in [3.63, 3.8) is 0 Å². The van der Waals surface area contributed by atoms with Gasteiger partial charge in [0.25, 0.3) is 0 Å². The van der Waals surface area contributed by atoms with Gasteiger partial charge < -0.3 is 10.6 Å². The van der Waals surface area contributed by atoms with Crippen LogP contribution < -0.4 is 15.4 Å². The monoisotopic (exact) mass is 297 g/mol. The second kappa shape index (κ2) is 6.83. The summed E-state index contributed by atoms with van der Waals surface area (Å²) in [6.07, 6.45) is 0. The van der Waals surface area contributed by atoms with Gasteiger partial charge in [-0.1, -0.05) is 30.3 Å². The minimum atomic E-state index is -3.37. The van der Waals surface area contributed by atoms with E-state index in [1.54, 1.807) is 0 Å². The van der Waals surface area contributed by atoms with E-state index in [1.807, 2.05) is 30.3 Å². The Bertz CT molecular complexity index is 541. The van der Waals surface area contributed by atoms with Gasteiger partial charge in [0.2, 0.25) is 15.9 Å². The standard InChI is InChI=1S/C13H19N3O3S/c17-13(12-9-14-10-12)15-6-7-20(18,19)16-8-11-4-2-1-3-5-11/h1-5,12,14,16H,6-10H2,(H,15,17). The summed E-state index contributed by atoms with van der Waals surface area (Å²) in [5, 5.41) is 5.64. The number of benzene rings is 1. The van der Waals surface area contributed by atoms with Crippen molar-refractivity contribution in [3.8, 4) is 0 Å². The first kappa shape index (κ1) is 15.0. The minimum absolute atomic E-state index is 0.0185. The van der Waals surface area contributed by atoms with Gasteiger partial charge in [-0.2, -0.15) is 0 Å². The maximum atomic E-state index is 11.8. The molecule has 0 radical (unpaired) electrons. The van der Waals surface area contributed by atoms with Gasteiger partial charge in [0.05, 0.1) is 11.7 Å². The molecule has 1 amide bonds. The molecular formula is C13H19N3O3S. The second-order valence-corrected chi connectivity index (χ2v) is 6.70. The predicted octanol–water partition coefficient (Wildman–Crippen LogP) is -0.558. The number of hydrogen-bond acceptors (Lipinski definition) is 4. The van der Waals surface area contributed by atoms with Gasteiger partial charge in [0.15, 0.2) is 0 Å². The Morgan fingerprint density at radius 1 is 1.25 bits per heavy atom. The van der Waals surface area contributed by atoms with E-state index in [0.717, 1.165) is 5.56 Å². The fourth-order valence-corrected chi connectivity index (χ4v) is 2.69. The van der Waals surface area contributed by atoms with E-state index in [-0.39, 0.29) is 30.7 Å². The van der Waals surface area contributed by atoms with Crippen LogP contribution in [0.25, 0.3) is 0 Å². The van der Waals surface area contributed by atoms with E-state index in [2.05, 4.69) is 15.4 Å². The van der Waals surface area contributed by atoms with E-state index < -0.39 is 10.0 Å². The van der Waals surface area contributed by atoms with Crippen LogP contribution in [0.1, 0.15) is 5.56 Å². The van der Waals surface area contributed by atoms with Crippen molar-refractivity contribution in [1.82, 2.24) is 15.4 Å². The van der Waals surface area contributed by atoms with Crippen molar-refractivity contribution in [3.05, 3.63) is 35.9 Å². The van der Waals surface area contributed by atoms with E-state index in [9.17, 15) is 13.2 Å². The third-order valence-electron chi connectivity index (χ3n) is 3.16. The lowest BCUT2D eigenvalue weighted by Gasteiger charge is -2.25. The van der Waals surface area contributed by atoms with E-state index >= 15 is 0 Å². The highest BCUT2D eigenvalue weighted by molar-refractivity contribution is 7.89. The van der Waals surface area contributed by atoms with Crippen molar-refractivity contribution >= 4 is 15.9 Å². The van der Waals surface area contributed by atoms with E-state index in [1.165, 1.54) is 0 Å². The Labute approximate surface area is 119 Å². The lowest BCUT2D eigenvalue weighted by atomic mass is 10.0. The lowest BCUT2D eigenvalue weighted by molar-refractivity contribution is -0.126. The molecule has 110 valence electrons. The summed E-state index contributed by atoms with van der Waals surface area (Å²) >= 11 is 0. The molecule has 1 aliphatic heterocycles. The second-order valence-electron chi connectivity index (χ2n) is 4.77. The summed E-state index contributed by atoms with van der Waals surface area (Å²) in [6, 6.07) is 9.30. The number of carbonyl (C=O) groups excluding carboxylic acids is 1. The predicted molar refractivity (Wildman–Crippen MR) is 76.4 cm³/mol. The Hall–Kier alpha value is -1.44. The fourth-order valence-electron chi connectivity index (χ4n) is 1.79. The maximum Gasteiger partial charge on any atom is 0.225 e. The SMILES string of the molecule is O=C(NCCS(=O)(=O)NCc1ccccc1)C1CNC1. The van der Waals surface area contributed by atoms with Crippen LogP contribution in [0, 0.1) is 5.92 Å². The molecule has 0 saturated carbocycles. The van der Waals surface area contributed by atoms with E-state index in [0.29, 0.717) is 13.1 Å². The van der Waals surface area contributed by atoms with Crippen LogP contribution in [-0.2, 0) is 21.4 Å². The summed E-state index contributed by atoms with van der Waals surface area (Å²) in [5.74, 6) is -0.205. The van der Waals surface area contributed by atoms with Crippen molar-refractivity contribution in [1.29, 1.82) is 0 Å². The normalized spacial score (nSPS) is 15.6. The maximum absolute atomic E-state index is 11.8. The number of amides is 1. The van der Waals surface area contributed by atoms with Crippen molar-refractivity contribution in [2.24, 2.45) is 5.92 Å². The molecule has 1 fully saturated rings. The molecule has 3 N–H and O–H groups in total. The van der Waals surface area contributed by atoms with Crippen molar-refractivity contribution in [2.75, 3.05) is 25.4 Å². The number of hydrogen-bond donors (Lipinski definition) is 3. The largest absolute Gasteiger partial charge is 0.355 e. The smallest absolute Gasteiger partial charge is 0.225 e. The van der Waals surface area contributed by atoms with E-state index in [4.69, 9.17) is 0 Å². The van der Waals surface area contributed by atoms with Gasteiger partial charge in [-0.25, -0.2) is 13.1 Å². The zero-order chi connectivity index (χ0) is 14.4. The zero-order valence-electron chi connectivity index (χ0n) is 11.1. The molecule has 1 aromatic carbocycles. The molecular weight excluding hydrogens is 278 g/mol. The molecule has 1 aliphatic rings. The summed E-state index contributed by atoms with van der Waals surface area (Å²) in [4.78, 5) is 11.5. The molecule has 7 heteroatoms. The molecule has 0 unspecified atom stereocenters. The zero-order valence-corrected chi connectivity index (χ0v) is 11.9. The molecule has 0 aromatic heterocycles. The summed E-state index contributed by atoms with van der Waals surface area (Å²) < 4.78 is 26.0. The molecule has 6 nitrogen and oxygen atoms in total. The number of sulfonamides is 1. The van der Waals surface area contributed by atoms with Gasteiger partial charge in [0, 0.05) is 26.2 Å². The number of rotatable bonds is 7. The van der Waals surface area contributed by atoms with Crippen LogP contribution in [0.4, 0.5) is 0 Å². The first-order chi connectivity index (χ1) is 9.57. The highest BCUT2D eigenvalue weighted by Crippen LogP contribution is 2.02. The van der Waals surface area contributed by atoms with Crippen molar-refractivity contribution < 1.29 is 13.2 Å². The van der Waals surface area contributed by atoms with Crippen LogP contribution in [-0.4, -0.2) is 39.7 Å². The molecule has 1 aromatic rings. The summed E-state index contributed by atoms with van der Waals surface area (Å²) in [6.45, 7) is 1.75. The van der Waals surface area contributed by atoms with Gasteiger partial charge in [-0.05, 0) is 5.56 Å². The average Bonchev–Trinajstić information content (AvgIpc) is 2.35. The highest BCUT2D eigenvalue weighted by Gasteiger charge is 2.24. The highest BCUT2D eigenvalue weighted by atomic mass is 32.2. The molecule has 0 atom stereocenters. The van der Waals surface area contributed by atoms with Gasteiger partial charge in [0.1, 0.15) is 0 Å². The molecule has 0 bridgehead atoms. The first-order valence-corrected chi connectivity index (χ1v) is 8.22. The van der Waals surface area contributed by atoms with Crippen LogP contribution in [0.2, 0.25) is 0 Å². The third kappa shape index (κ3) is 4.59. The summed E-state index contributed by atoms with van der Waals surface area (Å²) in [5.41, 5.74) is 0.903. The Morgan fingerprint density at radius 2 is 1.95 bits per heavy atom. The van der Waals surface area contributed by atoms with Crippen LogP contribution in [0.15, 0.2) is 30.3 Å². The van der Waals surface area contributed by atoms with Gasteiger partial charge in [-0.15, -0.1) is 0 Å². The minimum Gasteiger partial charge on any atom is -0.355 e. The quantitative estimate of drug-likeness (QED) is 0.630. The Morgan fingerprint density at radius 3 is 2.55 bits per heavy atom. The molecule has 0 spiro atoms. The van der Waals surface area contributed by atoms with Crippen LogP contribution in [0.3, 0.4) is 0 Å². The summed E-state index contributed by atoms with van der Waals surface area (Å²) in [7, 11) is -3.37. The fraction of sp³-hybridized carbons (Fsp3) is 0.462. The molecule has 1 heterocycles. The molecule has 0 aliphatic carbocycles. The Kier molecular flexibility index (Phi) is 5.11. The molecule has 1 saturated heterocycles. The first-order valence-electron chi connectivity index (χ1n) is 6.56. The topological polar surface area (TPSA) is 87.3 Å². The average molecular weight is 297 g/mol. The molecule has 2 rings (SSSR count). The van der Waals surface area contributed by atoms with Crippen LogP contribution >= 0.6 is 0 Å². The lowest BCUT2D eigenvalue weighted by Crippen LogP contribution is -2.51. The van der Waals surface area contributed by atoms with Gasteiger partial charge in [-0.3, -0.25) is 4.79 Å². The Balaban J connectivity index is 1.69.